The summed E-state index contributed by atoms with van der Waals surface area (Å²) in [5, 5.41) is 16.1. The van der Waals surface area contributed by atoms with Crippen LogP contribution in [-0.2, 0) is 20.3 Å². The maximum absolute atomic E-state index is 14.3. The van der Waals surface area contributed by atoms with Crippen LogP contribution in [-0.4, -0.2) is 32.0 Å². The van der Waals surface area contributed by atoms with E-state index in [1.807, 2.05) is 0 Å². The minimum Gasteiger partial charge on any atom is -0.494 e. The second-order valence-corrected chi connectivity index (χ2v) is 5.96. The van der Waals surface area contributed by atoms with Gasteiger partial charge in [0.15, 0.2) is 17.3 Å². The van der Waals surface area contributed by atoms with Crippen LogP contribution in [0.25, 0.3) is 0 Å². The molecule has 0 radical (unpaired) electrons. The highest BCUT2D eigenvalue weighted by atomic mass is 19.1. The number of ether oxygens (including phenoxy) is 2. The van der Waals surface area contributed by atoms with Gasteiger partial charge in [0.1, 0.15) is 18.2 Å². The van der Waals surface area contributed by atoms with Crippen molar-refractivity contribution in [3.63, 3.8) is 0 Å². The van der Waals surface area contributed by atoms with Crippen molar-refractivity contribution >= 4 is 11.8 Å². The first-order valence-corrected chi connectivity index (χ1v) is 8.30. The van der Waals surface area contributed by atoms with Crippen molar-refractivity contribution in [1.29, 1.82) is 0 Å². The van der Waals surface area contributed by atoms with Crippen molar-refractivity contribution in [3.05, 3.63) is 53.0 Å². The highest BCUT2D eigenvalue weighted by Crippen LogP contribution is 2.27. The van der Waals surface area contributed by atoms with E-state index in [1.165, 1.54) is 37.2 Å². The minimum atomic E-state index is -0.805. The molecule has 3 rings (SSSR count). The van der Waals surface area contributed by atoms with E-state index in [-0.39, 0.29) is 41.8 Å². The van der Waals surface area contributed by atoms with Gasteiger partial charge in [0, 0.05) is 13.1 Å². The van der Waals surface area contributed by atoms with Gasteiger partial charge in [0.2, 0.25) is 5.95 Å². The normalized spacial score (nSPS) is 10.8. The average molecular weight is 391 g/mol. The lowest BCUT2D eigenvalue weighted by Gasteiger charge is -2.12. The fourth-order valence-electron chi connectivity index (χ4n) is 2.53. The topological polar surface area (TPSA) is 94.3 Å². The molecule has 1 aromatic carbocycles. The molecule has 8 nitrogen and oxygen atoms in total. The number of aliphatic hydroxyl groups excluding tert-OH is 1. The van der Waals surface area contributed by atoms with Crippen molar-refractivity contribution in [3.8, 4) is 11.5 Å². The van der Waals surface area contributed by atoms with Gasteiger partial charge in [-0.15, -0.1) is 0 Å². The molecular formula is C18H19F2N5O3. The number of nitrogens with zero attached hydrogens (tertiary/aromatic N) is 4. The van der Waals surface area contributed by atoms with Crippen molar-refractivity contribution in [2.45, 2.75) is 20.1 Å². The van der Waals surface area contributed by atoms with Crippen LogP contribution < -0.4 is 14.8 Å². The monoisotopic (exact) mass is 391 g/mol. The van der Waals surface area contributed by atoms with Crippen LogP contribution >= 0.6 is 0 Å². The molecule has 2 N–H and O–H groups in total. The van der Waals surface area contributed by atoms with E-state index in [0.717, 1.165) is 0 Å². The molecule has 0 aliphatic carbocycles. The van der Waals surface area contributed by atoms with Gasteiger partial charge in [-0.25, -0.2) is 18.7 Å². The summed E-state index contributed by atoms with van der Waals surface area (Å²) in [6, 6.07) is 2.95. The maximum atomic E-state index is 14.3. The number of aromatic nitrogens is 4. The number of hydrogen-bond acceptors (Lipinski definition) is 7. The molecule has 0 atom stereocenters. The maximum Gasteiger partial charge on any atom is 0.228 e. The molecule has 0 bridgehead atoms. The summed E-state index contributed by atoms with van der Waals surface area (Å²) in [4.78, 5) is 8.19. The van der Waals surface area contributed by atoms with Crippen molar-refractivity contribution in [2.24, 2.45) is 7.05 Å². The first-order valence-electron chi connectivity index (χ1n) is 8.30. The summed E-state index contributed by atoms with van der Waals surface area (Å²) in [5.41, 5.74) is 0.527. The SMILES string of the molecule is COc1cc(C)c(F)c(COc2cnc(Nc3cc(CO)nn3C)nc2)c1F. The number of rotatable bonds is 7. The molecule has 2 aromatic heterocycles. The smallest absolute Gasteiger partial charge is 0.228 e. The molecule has 10 heteroatoms. The molecule has 0 saturated heterocycles. The standard InChI is InChI=1S/C18H19F2N5O3/c1-10-4-14(27-3)17(20)13(16(10)19)9-28-12-6-21-18(22-7-12)23-15-5-11(8-26)24-25(15)2/h4-7,26H,8-9H2,1-3H3,(H,21,22,23). The quantitative estimate of drug-likeness (QED) is 0.639. The molecule has 0 aliphatic heterocycles. The van der Waals surface area contributed by atoms with E-state index in [2.05, 4.69) is 20.4 Å². The molecule has 3 aromatic rings. The lowest BCUT2D eigenvalue weighted by molar-refractivity contribution is 0.275. The zero-order valence-electron chi connectivity index (χ0n) is 15.5. The minimum absolute atomic E-state index is 0.0493. The lowest BCUT2D eigenvalue weighted by atomic mass is 10.1. The molecule has 0 spiro atoms. The van der Waals surface area contributed by atoms with Gasteiger partial charge < -0.3 is 19.9 Å². The van der Waals surface area contributed by atoms with Crippen LogP contribution in [0, 0.1) is 18.6 Å². The molecule has 0 saturated carbocycles. The third kappa shape index (κ3) is 4.01. The Morgan fingerprint density at radius 3 is 2.50 bits per heavy atom. The molecule has 28 heavy (non-hydrogen) atoms. The molecule has 0 aliphatic rings. The van der Waals surface area contributed by atoms with Crippen LogP contribution in [0.3, 0.4) is 0 Å². The average Bonchev–Trinajstić information content (AvgIpc) is 3.05. The Balaban J connectivity index is 1.70. The predicted octanol–water partition coefficient (Wildman–Crippen LogP) is 2.62. The Labute approximate surface area is 159 Å². The van der Waals surface area contributed by atoms with Gasteiger partial charge in [-0.3, -0.25) is 4.68 Å². The van der Waals surface area contributed by atoms with E-state index in [0.29, 0.717) is 11.5 Å². The summed E-state index contributed by atoms with van der Waals surface area (Å²) in [7, 11) is 3.02. The van der Waals surface area contributed by atoms with Crippen LogP contribution in [0.2, 0.25) is 0 Å². The summed E-state index contributed by atoms with van der Waals surface area (Å²) >= 11 is 0. The highest BCUT2D eigenvalue weighted by molar-refractivity contribution is 5.48. The third-order valence-electron chi connectivity index (χ3n) is 4.00. The zero-order chi connectivity index (χ0) is 20.3. The van der Waals surface area contributed by atoms with Crippen LogP contribution in [0.5, 0.6) is 11.5 Å². The number of benzene rings is 1. The van der Waals surface area contributed by atoms with Gasteiger partial charge in [0.05, 0.1) is 37.4 Å². The van der Waals surface area contributed by atoms with E-state index < -0.39 is 11.6 Å². The number of aliphatic hydroxyl groups is 1. The number of aryl methyl sites for hydroxylation is 2. The summed E-state index contributed by atoms with van der Waals surface area (Å²) in [6.07, 6.45) is 2.75. The van der Waals surface area contributed by atoms with Gasteiger partial charge in [-0.05, 0) is 18.6 Å². The van der Waals surface area contributed by atoms with Crippen LogP contribution in [0.4, 0.5) is 20.5 Å². The first-order chi connectivity index (χ1) is 13.4. The van der Waals surface area contributed by atoms with Gasteiger partial charge in [-0.1, -0.05) is 0 Å². The zero-order valence-corrected chi connectivity index (χ0v) is 15.5. The van der Waals surface area contributed by atoms with Crippen molar-refractivity contribution in [2.75, 3.05) is 12.4 Å². The summed E-state index contributed by atoms with van der Waals surface area (Å²) in [6.45, 7) is 0.998. The first kappa shape index (κ1) is 19.5. The fourth-order valence-corrected chi connectivity index (χ4v) is 2.53. The highest BCUT2D eigenvalue weighted by Gasteiger charge is 2.18. The van der Waals surface area contributed by atoms with E-state index in [4.69, 9.17) is 14.6 Å². The van der Waals surface area contributed by atoms with Gasteiger partial charge in [0.25, 0.3) is 0 Å². The van der Waals surface area contributed by atoms with Gasteiger partial charge in [-0.2, -0.15) is 5.10 Å². The Bertz CT molecular complexity index is 976. The molecule has 148 valence electrons. The van der Waals surface area contributed by atoms with E-state index in [1.54, 1.807) is 13.1 Å². The Morgan fingerprint density at radius 1 is 1.18 bits per heavy atom. The summed E-state index contributed by atoms with van der Waals surface area (Å²) < 4.78 is 40.4. The largest absolute Gasteiger partial charge is 0.494 e. The Morgan fingerprint density at radius 2 is 1.89 bits per heavy atom. The van der Waals surface area contributed by atoms with E-state index >= 15 is 0 Å². The number of halogens is 2. The number of nitrogens with one attached hydrogen (secondary N) is 1. The molecule has 2 heterocycles. The summed E-state index contributed by atoms with van der Waals surface area (Å²) in [5.74, 6) is -0.435. The fraction of sp³-hybridized carbons (Fsp3) is 0.278. The third-order valence-corrected chi connectivity index (χ3v) is 4.00. The van der Waals surface area contributed by atoms with Crippen LogP contribution in [0.1, 0.15) is 16.8 Å². The molecule has 0 unspecified atom stereocenters. The molecule has 0 amide bonds. The molecular weight excluding hydrogens is 372 g/mol. The lowest BCUT2D eigenvalue weighted by Crippen LogP contribution is -2.07. The van der Waals surface area contributed by atoms with E-state index in [9.17, 15) is 8.78 Å². The van der Waals surface area contributed by atoms with Crippen molar-refractivity contribution in [1.82, 2.24) is 19.7 Å². The van der Waals surface area contributed by atoms with Crippen molar-refractivity contribution < 1.29 is 23.4 Å². The second kappa shape index (κ2) is 8.17. The second-order valence-electron chi connectivity index (χ2n) is 5.96. The van der Waals surface area contributed by atoms with Crippen LogP contribution in [0.15, 0.2) is 24.5 Å². The number of anilines is 2. The van der Waals surface area contributed by atoms with Gasteiger partial charge >= 0.3 is 0 Å². The Hall–Kier alpha value is -3.27. The number of hydrogen-bond donors (Lipinski definition) is 2. The number of methoxy groups -OCH3 is 1. The predicted molar refractivity (Wildman–Crippen MR) is 96.4 cm³/mol. The Kier molecular flexibility index (Phi) is 5.69. The molecule has 0 fully saturated rings.